The lowest BCUT2D eigenvalue weighted by molar-refractivity contribution is 0.318. The van der Waals surface area contributed by atoms with Crippen LogP contribution in [0.5, 0.6) is 0 Å². The van der Waals surface area contributed by atoms with Crippen LogP contribution < -0.4 is 0 Å². The fraction of sp³-hybridized carbons (Fsp3) is 0.125. The van der Waals surface area contributed by atoms with Crippen LogP contribution in [0.1, 0.15) is 12.5 Å². The molecule has 0 unspecified atom stereocenters. The van der Waals surface area contributed by atoms with Gasteiger partial charge in [0.05, 0.1) is 5.71 Å². The molecule has 0 aliphatic heterocycles. The number of halogens is 2. The molecule has 0 aliphatic carbocycles. The minimum atomic E-state index is -0.993. The highest BCUT2D eigenvalue weighted by Gasteiger charge is 2.09. The summed E-state index contributed by atoms with van der Waals surface area (Å²) in [5.41, 5.74) is 0.0181. The molecule has 0 atom stereocenters. The molecule has 64 valence electrons. The molecule has 0 radical (unpaired) electrons. The van der Waals surface area contributed by atoms with Crippen molar-refractivity contribution in [2.45, 2.75) is 6.92 Å². The van der Waals surface area contributed by atoms with Gasteiger partial charge in [0.2, 0.25) is 0 Å². The fourth-order valence-electron chi connectivity index (χ4n) is 0.837. The summed E-state index contributed by atoms with van der Waals surface area (Å²) >= 11 is 0. The molecule has 0 spiro atoms. The van der Waals surface area contributed by atoms with Gasteiger partial charge < -0.3 is 5.21 Å². The van der Waals surface area contributed by atoms with E-state index in [1.165, 1.54) is 19.1 Å². The first-order chi connectivity index (χ1) is 5.66. The Hall–Kier alpha value is -1.45. The van der Waals surface area contributed by atoms with Crippen molar-refractivity contribution in [2.75, 3.05) is 0 Å². The van der Waals surface area contributed by atoms with Crippen LogP contribution in [-0.4, -0.2) is 10.9 Å². The largest absolute Gasteiger partial charge is 0.411 e. The number of oxime groups is 1. The van der Waals surface area contributed by atoms with Gasteiger partial charge in [-0.15, -0.1) is 0 Å². The van der Waals surface area contributed by atoms with Crippen molar-refractivity contribution in [3.8, 4) is 0 Å². The van der Waals surface area contributed by atoms with Crippen LogP contribution in [0.15, 0.2) is 23.4 Å². The van der Waals surface area contributed by atoms with Gasteiger partial charge >= 0.3 is 0 Å². The molecular formula is C8H7F2NO. The summed E-state index contributed by atoms with van der Waals surface area (Å²) in [6, 6.07) is 3.69. The first-order valence-electron chi connectivity index (χ1n) is 3.30. The van der Waals surface area contributed by atoms with Gasteiger partial charge in [0, 0.05) is 5.56 Å². The van der Waals surface area contributed by atoms with Crippen LogP contribution in [0, 0.1) is 11.6 Å². The fourth-order valence-corrected chi connectivity index (χ4v) is 0.837. The Balaban J connectivity index is 3.26. The maximum Gasteiger partial charge on any atom is 0.167 e. The molecule has 2 nitrogen and oxygen atoms in total. The second-order valence-corrected chi connectivity index (χ2v) is 2.29. The van der Waals surface area contributed by atoms with Crippen LogP contribution in [0.4, 0.5) is 8.78 Å². The van der Waals surface area contributed by atoms with Gasteiger partial charge in [0.15, 0.2) is 11.6 Å². The predicted octanol–water partition coefficient (Wildman–Crippen LogP) is 2.16. The summed E-state index contributed by atoms with van der Waals surface area (Å²) in [7, 11) is 0. The summed E-state index contributed by atoms with van der Waals surface area (Å²) in [4.78, 5) is 0. The standard InChI is InChI=1S/C8H7F2NO/c1-5(11-12)6-3-2-4-7(9)8(6)10/h2-4,12H,1H3. The van der Waals surface area contributed by atoms with E-state index in [2.05, 4.69) is 5.16 Å². The Morgan fingerprint density at radius 3 is 2.67 bits per heavy atom. The van der Waals surface area contributed by atoms with Gasteiger partial charge in [-0.3, -0.25) is 0 Å². The second-order valence-electron chi connectivity index (χ2n) is 2.29. The van der Waals surface area contributed by atoms with E-state index in [-0.39, 0.29) is 11.3 Å². The van der Waals surface area contributed by atoms with E-state index < -0.39 is 11.6 Å². The van der Waals surface area contributed by atoms with Crippen molar-refractivity contribution in [2.24, 2.45) is 5.16 Å². The summed E-state index contributed by atoms with van der Waals surface area (Å²) in [5.74, 6) is -1.94. The van der Waals surface area contributed by atoms with Gasteiger partial charge in [0.25, 0.3) is 0 Å². The maximum atomic E-state index is 12.9. The third-order valence-electron chi connectivity index (χ3n) is 1.49. The van der Waals surface area contributed by atoms with Gasteiger partial charge in [-0.1, -0.05) is 11.2 Å². The Bertz CT molecular complexity index is 323. The number of benzene rings is 1. The highest BCUT2D eigenvalue weighted by atomic mass is 19.2. The lowest BCUT2D eigenvalue weighted by Crippen LogP contribution is -2.00. The molecule has 1 aromatic carbocycles. The van der Waals surface area contributed by atoms with Gasteiger partial charge in [0.1, 0.15) is 0 Å². The normalized spacial score (nSPS) is 11.8. The van der Waals surface area contributed by atoms with Crippen LogP contribution in [0.3, 0.4) is 0 Å². The van der Waals surface area contributed by atoms with Crippen molar-refractivity contribution in [3.05, 3.63) is 35.4 Å². The second kappa shape index (κ2) is 3.30. The highest BCUT2D eigenvalue weighted by Crippen LogP contribution is 2.11. The van der Waals surface area contributed by atoms with Gasteiger partial charge in [-0.2, -0.15) is 0 Å². The molecule has 0 saturated heterocycles. The van der Waals surface area contributed by atoms with Crippen molar-refractivity contribution in [1.82, 2.24) is 0 Å². The minimum absolute atomic E-state index is 0.0301. The number of hydrogen-bond donors (Lipinski definition) is 1. The van der Waals surface area contributed by atoms with E-state index >= 15 is 0 Å². The third kappa shape index (κ3) is 1.42. The van der Waals surface area contributed by atoms with E-state index in [9.17, 15) is 8.78 Å². The van der Waals surface area contributed by atoms with Crippen molar-refractivity contribution >= 4 is 5.71 Å². The van der Waals surface area contributed by atoms with E-state index in [1.54, 1.807) is 0 Å². The minimum Gasteiger partial charge on any atom is -0.411 e. The van der Waals surface area contributed by atoms with E-state index in [4.69, 9.17) is 5.21 Å². The summed E-state index contributed by atoms with van der Waals surface area (Å²) < 4.78 is 25.4. The molecule has 0 aliphatic rings. The molecule has 1 rings (SSSR count). The average Bonchev–Trinajstić information content (AvgIpc) is 2.08. The predicted molar refractivity (Wildman–Crippen MR) is 40.4 cm³/mol. The van der Waals surface area contributed by atoms with Crippen LogP contribution >= 0.6 is 0 Å². The molecule has 0 bridgehead atoms. The van der Waals surface area contributed by atoms with Crippen molar-refractivity contribution in [1.29, 1.82) is 0 Å². The molecule has 12 heavy (non-hydrogen) atoms. The molecule has 0 heterocycles. The lowest BCUT2D eigenvalue weighted by Gasteiger charge is -2.00. The molecule has 0 amide bonds. The van der Waals surface area contributed by atoms with E-state index in [0.29, 0.717) is 0 Å². The molecule has 4 heteroatoms. The molecule has 0 fully saturated rings. The zero-order valence-electron chi connectivity index (χ0n) is 6.38. The number of rotatable bonds is 1. The average molecular weight is 171 g/mol. The third-order valence-corrected chi connectivity index (χ3v) is 1.49. The first-order valence-corrected chi connectivity index (χ1v) is 3.30. The zero-order valence-corrected chi connectivity index (χ0v) is 6.38. The molecule has 1 aromatic rings. The smallest absolute Gasteiger partial charge is 0.167 e. The van der Waals surface area contributed by atoms with Crippen molar-refractivity contribution < 1.29 is 14.0 Å². The SMILES string of the molecule is CC(=NO)c1cccc(F)c1F. The van der Waals surface area contributed by atoms with Gasteiger partial charge in [-0.05, 0) is 19.1 Å². The lowest BCUT2D eigenvalue weighted by atomic mass is 10.1. The first kappa shape index (κ1) is 8.64. The van der Waals surface area contributed by atoms with Crippen LogP contribution in [0.2, 0.25) is 0 Å². The Labute approximate surface area is 68.1 Å². The summed E-state index contributed by atoms with van der Waals surface area (Å²) in [5, 5.41) is 11.1. The maximum absolute atomic E-state index is 12.9. The quantitative estimate of drug-likeness (QED) is 0.392. The Morgan fingerprint density at radius 2 is 2.08 bits per heavy atom. The highest BCUT2D eigenvalue weighted by molar-refractivity contribution is 5.98. The van der Waals surface area contributed by atoms with Crippen LogP contribution in [-0.2, 0) is 0 Å². The number of nitrogens with zero attached hydrogens (tertiary/aromatic N) is 1. The molecule has 0 saturated carbocycles. The van der Waals surface area contributed by atoms with E-state index in [1.807, 2.05) is 0 Å². The topological polar surface area (TPSA) is 32.6 Å². The van der Waals surface area contributed by atoms with Crippen LogP contribution in [0.25, 0.3) is 0 Å². The van der Waals surface area contributed by atoms with Gasteiger partial charge in [-0.25, -0.2) is 8.78 Å². The van der Waals surface area contributed by atoms with E-state index in [0.717, 1.165) is 6.07 Å². The molecule has 1 N–H and O–H groups in total. The zero-order chi connectivity index (χ0) is 9.14. The Kier molecular flexibility index (Phi) is 2.38. The van der Waals surface area contributed by atoms with Crippen molar-refractivity contribution in [3.63, 3.8) is 0 Å². The Morgan fingerprint density at radius 1 is 1.42 bits per heavy atom. The monoisotopic (exact) mass is 171 g/mol. The molecule has 0 aromatic heterocycles. The summed E-state index contributed by atoms with van der Waals surface area (Å²) in [6.45, 7) is 1.39. The summed E-state index contributed by atoms with van der Waals surface area (Å²) in [6.07, 6.45) is 0. The number of hydrogen-bond acceptors (Lipinski definition) is 2. The molecular weight excluding hydrogens is 164 g/mol.